The van der Waals surface area contributed by atoms with E-state index in [4.69, 9.17) is 4.74 Å². The first-order valence-corrected chi connectivity index (χ1v) is 6.82. The molecule has 0 saturated heterocycles. The largest absolute Gasteiger partial charge is 0.495 e. The molecule has 20 heavy (non-hydrogen) atoms. The number of para-hydroxylation sites is 2. The molecule has 0 radical (unpaired) electrons. The maximum absolute atomic E-state index is 5.32. The summed E-state index contributed by atoms with van der Waals surface area (Å²) >= 11 is 0. The predicted octanol–water partition coefficient (Wildman–Crippen LogP) is 1.92. The third-order valence-electron chi connectivity index (χ3n) is 3.42. The predicted molar refractivity (Wildman–Crippen MR) is 78.6 cm³/mol. The third kappa shape index (κ3) is 2.72. The Morgan fingerprint density at radius 1 is 1.20 bits per heavy atom. The second kappa shape index (κ2) is 5.88. The van der Waals surface area contributed by atoms with E-state index in [2.05, 4.69) is 20.6 Å². The minimum atomic E-state index is 0.621. The van der Waals surface area contributed by atoms with Crippen molar-refractivity contribution in [2.75, 3.05) is 25.5 Å². The molecule has 0 amide bonds. The Bertz CT molecular complexity index is 600. The van der Waals surface area contributed by atoms with E-state index in [9.17, 15) is 0 Å². The van der Waals surface area contributed by atoms with E-state index in [1.807, 2.05) is 30.5 Å². The number of nitrogens with zero attached hydrogens (tertiary/aromatic N) is 2. The monoisotopic (exact) mass is 270 g/mol. The number of hydrogen-bond donors (Lipinski definition) is 2. The lowest BCUT2D eigenvalue weighted by molar-refractivity contribution is 0.417. The molecule has 1 aromatic heterocycles. The van der Waals surface area contributed by atoms with Crippen LogP contribution in [0.4, 0.5) is 11.6 Å². The fraction of sp³-hybridized carbons (Fsp3) is 0.333. The van der Waals surface area contributed by atoms with Crippen molar-refractivity contribution >= 4 is 11.6 Å². The first-order valence-electron chi connectivity index (χ1n) is 6.82. The van der Waals surface area contributed by atoms with Crippen LogP contribution in [-0.2, 0) is 12.8 Å². The van der Waals surface area contributed by atoms with Crippen molar-refractivity contribution in [3.8, 4) is 5.75 Å². The van der Waals surface area contributed by atoms with E-state index in [0.29, 0.717) is 5.95 Å². The summed E-state index contributed by atoms with van der Waals surface area (Å²) < 4.78 is 5.32. The van der Waals surface area contributed by atoms with Crippen molar-refractivity contribution in [3.63, 3.8) is 0 Å². The van der Waals surface area contributed by atoms with E-state index in [-0.39, 0.29) is 0 Å². The average Bonchev–Trinajstić information content (AvgIpc) is 2.72. The lowest BCUT2D eigenvalue weighted by Gasteiger charge is -2.11. The Hall–Kier alpha value is -2.14. The van der Waals surface area contributed by atoms with Gasteiger partial charge in [-0.15, -0.1) is 0 Å². The van der Waals surface area contributed by atoms with Crippen molar-refractivity contribution in [2.45, 2.75) is 12.8 Å². The van der Waals surface area contributed by atoms with Gasteiger partial charge < -0.3 is 15.4 Å². The third-order valence-corrected chi connectivity index (χ3v) is 3.42. The molecule has 104 valence electrons. The van der Waals surface area contributed by atoms with E-state index < -0.39 is 0 Å². The van der Waals surface area contributed by atoms with Crippen LogP contribution in [-0.4, -0.2) is 30.2 Å². The van der Waals surface area contributed by atoms with Crippen LogP contribution >= 0.6 is 0 Å². The van der Waals surface area contributed by atoms with Gasteiger partial charge in [0.2, 0.25) is 5.95 Å². The van der Waals surface area contributed by atoms with Crippen LogP contribution in [0.15, 0.2) is 30.5 Å². The zero-order valence-electron chi connectivity index (χ0n) is 11.5. The van der Waals surface area contributed by atoms with Crippen LogP contribution in [0.1, 0.15) is 11.3 Å². The van der Waals surface area contributed by atoms with Crippen LogP contribution in [0.2, 0.25) is 0 Å². The zero-order chi connectivity index (χ0) is 13.8. The van der Waals surface area contributed by atoms with Crippen LogP contribution in [0.5, 0.6) is 5.75 Å². The molecule has 5 heteroatoms. The summed E-state index contributed by atoms with van der Waals surface area (Å²) in [7, 11) is 1.66. The highest BCUT2D eigenvalue weighted by molar-refractivity contribution is 5.62. The molecule has 0 aliphatic carbocycles. The number of methoxy groups -OCH3 is 1. The molecule has 2 N–H and O–H groups in total. The Kier molecular flexibility index (Phi) is 3.78. The molecule has 2 aromatic rings. The highest BCUT2D eigenvalue weighted by atomic mass is 16.5. The molecule has 5 nitrogen and oxygen atoms in total. The summed E-state index contributed by atoms with van der Waals surface area (Å²) in [5.41, 5.74) is 3.24. The number of hydrogen-bond acceptors (Lipinski definition) is 5. The van der Waals surface area contributed by atoms with Crippen molar-refractivity contribution < 1.29 is 4.74 Å². The molecule has 1 aliphatic heterocycles. The molecule has 1 aromatic carbocycles. The van der Waals surface area contributed by atoms with Gasteiger partial charge in [-0.05, 0) is 30.7 Å². The van der Waals surface area contributed by atoms with Crippen molar-refractivity contribution in [3.05, 3.63) is 41.7 Å². The maximum Gasteiger partial charge on any atom is 0.227 e. The van der Waals surface area contributed by atoms with Crippen LogP contribution in [0.25, 0.3) is 0 Å². The topological polar surface area (TPSA) is 59.1 Å². The fourth-order valence-electron chi connectivity index (χ4n) is 2.35. The highest BCUT2D eigenvalue weighted by Crippen LogP contribution is 2.25. The van der Waals surface area contributed by atoms with Gasteiger partial charge in [0.15, 0.2) is 0 Å². The molecular formula is C15H18N4O. The smallest absolute Gasteiger partial charge is 0.227 e. The number of ether oxygens (including phenoxy) is 1. The fourth-order valence-corrected chi connectivity index (χ4v) is 2.35. The molecule has 0 spiro atoms. The number of rotatable bonds is 3. The van der Waals surface area contributed by atoms with Crippen molar-refractivity contribution in [1.82, 2.24) is 15.3 Å². The van der Waals surface area contributed by atoms with Gasteiger partial charge in [0.05, 0.1) is 18.5 Å². The lowest BCUT2D eigenvalue weighted by Crippen LogP contribution is -2.16. The summed E-state index contributed by atoms with van der Waals surface area (Å²) in [5, 5.41) is 6.60. The summed E-state index contributed by atoms with van der Waals surface area (Å²) in [6, 6.07) is 7.76. The molecule has 0 atom stereocenters. The average molecular weight is 270 g/mol. The van der Waals surface area contributed by atoms with Gasteiger partial charge in [-0.1, -0.05) is 12.1 Å². The van der Waals surface area contributed by atoms with Crippen LogP contribution in [0.3, 0.4) is 0 Å². The summed E-state index contributed by atoms with van der Waals surface area (Å²) in [6.07, 6.45) is 3.86. The quantitative estimate of drug-likeness (QED) is 0.892. The van der Waals surface area contributed by atoms with Crippen LogP contribution < -0.4 is 15.4 Å². The van der Waals surface area contributed by atoms with Crippen molar-refractivity contribution in [2.24, 2.45) is 0 Å². The highest BCUT2D eigenvalue weighted by Gasteiger charge is 2.11. The summed E-state index contributed by atoms with van der Waals surface area (Å²) in [4.78, 5) is 9.03. The summed E-state index contributed by atoms with van der Waals surface area (Å²) in [5.74, 6) is 1.41. The minimum Gasteiger partial charge on any atom is -0.495 e. The van der Waals surface area contributed by atoms with E-state index in [1.165, 1.54) is 5.56 Å². The standard InChI is InChI=1S/C15H18N4O/c1-20-14-5-3-2-4-13(14)19-15-17-10-11-6-8-16-9-7-12(11)18-15/h2-5,10,16H,6-9H2,1H3,(H,17,18,19). The minimum absolute atomic E-state index is 0.621. The Labute approximate surface area is 118 Å². The molecule has 3 rings (SSSR count). The lowest BCUT2D eigenvalue weighted by atomic mass is 10.1. The Morgan fingerprint density at radius 2 is 2.05 bits per heavy atom. The zero-order valence-corrected chi connectivity index (χ0v) is 11.5. The summed E-state index contributed by atoms with van der Waals surface area (Å²) in [6.45, 7) is 1.97. The molecular weight excluding hydrogens is 252 g/mol. The first kappa shape index (κ1) is 12.9. The molecule has 2 heterocycles. The Balaban J connectivity index is 1.86. The van der Waals surface area contributed by atoms with Gasteiger partial charge in [-0.2, -0.15) is 0 Å². The van der Waals surface area contributed by atoms with E-state index >= 15 is 0 Å². The van der Waals surface area contributed by atoms with Gasteiger partial charge in [0.25, 0.3) is 0 Å². The van der Waals surface area contributed by atoms with Gasteiger partial charge in [0, 0.05) is 19.2 Å². The molecule has 0 unspecified atom stereocenters. The SMILES string of the molecule is COc1ccccc1Nc1ncc2c(n1)CCNCC2. The molecule has 0 saturated carbocycles. The van der Waals surface area contributed by atoms with Gasteiger partial charge in [-0.25, -0.2) is 9.97 Å². The molecule has 0 bridgehead atoms. The maximum atomic E-state index is 5.32. The van der Waals surface area contributed by atoms with Gasteiger partial charge in [-0.3, -0.25) is 0 Å². The number of anilines is 2. The molecule has 0 fully saturated rings. The Morgan fingerprint density at radius 3 is 2.95 bits per heavy atom. The second-order valence-electron chi connectivity index (χ2n) is 4.74. The first-order chi connectivity index (χ1) is 9.86. The number of aromatic nitrogens is 2. The number of benzene rings is 1. The number of fused-ring (bicyclic) bond motifs is 1. The van der Waals surface area contributed by atoms with E-state index in [0.717, 1.165) is 43.1 Å². The molecule has 1 aliphatic rings. The van der Waals surface area contributed by atoms with Gasteiger partial charge in [0.1, 0.15) is 5.75 Å². The van der Waals surface area contributed by atoms with E-state index in [1.54, 1.807) is 7.11 Å². The number of nitrogens with one attached hydrogen (secondary N) is 2. The normalized spacial score (nSPS) is 14.2. The van der Waals surface area contributed by atoms with Crippen LogP contribution in [0, 0.1) is 0 Å². The second-order valence-corrected chi connectivity index (χ2v) is 4.74. The van der Waals surface area contributed by atoms with Gasteiger partial charge >= 0.3 is 0 Å². The van der Waals surface area contributed by atoms with Crippen molar-refractivity contribution in [1.29, 1.82) is 0 Å².